The van der Waals surface area contributed by atoms with Gasteiger partial charge in [-0.3, -0.25) is 4.79 Å². The molecular formula is C10H8F5NO3. The molecule has 9 heteroatoms. The predicted molar refractivity (Wildman–Crippen MR) is 51.6 cm³/mol. The second-order valence-electron chi connectivity index (χ2n) is 3.45. The Balaban J connectivity index is 3.36. The molecule has 0 amide bonds. The highest BCUT2D eigenvalue weighted by Crippen LogP contribution is 2.36. The average molecular weight is 285 g/mol. The average Bonchev–Trinajstić information content (AvgIpc) is 2.29. The molecule has 0 aliphatic heterocycles. The summed E-state index contributed by atoms with van der Waals surface area (Å²) in [6, 6.07) is 0.331. The molecule has 0 bridgehead atoms. The number of alkyl halides is 5. The van der Waals surface area contributed by atoms with Gasteiger partial charge < -0.3 is 9.84 Å². The van der Waals surface area contributed by atoms with Gasteiger partial charge in [-0.15, -0.1) is 0 Å². The van der Waals surface area contributed by atoms with Gasteiger partial charge in [-0.1, -0.05) is 0 Å². The number of hydrogen-bond acceptors (Lipinski definition) is 4. The van der Waals surface area contributed by atoms with Crippen LogP contribution in [0.3, 0.4) is 0 Å². The molecule has 1 N–H and O–H groups in total. The predicted octanol–water partition coefficient (Wildman–Crippen LogP) is 2.46. The highest BCUT2D eigenvalue weighted by molar-refractivity contribution is 5.73. The van der Waals surface area contributed by atoms with Crippen molar-refractivity contribution in [2.75, 3.05) is 7.11 Å². The van der Waals surface area contributed by atoms with Gasteiger partial charge in [0.25, 0.3) is 6.43 Å². The van der Waals surface area contributed by atoms with E-state index in [4.69, 9.17) is 0 Å². The van der Waals surface area contributed by atoms with E-state index in [0.29, 0.717) is 6.07 Å². The number of pyridine rings is 1. The molecule has 0 saturated carbocycles. The lowest BCUT2D eigenvalue weighted by atomic mass is 10.1. The molecule has 19 heavy (non-hydrogen) atoms. The van der Waals surface area contributed by atoms with Crippen molar-refractivity contribution in [2.24, 2.45) is 0 Å². The van der Waals surface area contributed by atoms with Gasteiger partial charge in [-0.05, 0) is 6.07 Å². The maximum Gasteiger partial charge on any atom is 0.433 e. The number of hydrogen-bond donors (Lipinski definition) is 1. The number of ether oxygens (including phenoxy) is 1. The van der Waals surface area contributed by atoms with Crippen molar-refractivity contribution in [2.45, 2.75) is 19.0 Å². The summed E-state index contributed by atoms with van der Waals surface area (Å²) >= 11 is 0. The Morgan fingerprint density at radius 1 is 1.47 bits per heavy atom. The zero-order valence-corrected chi connectivity index (χ0v) is 9.46. The molecule has 106 valence electrons. The van der Waals surface area contributed by atoms with Gasteiger partial charge in [0.1, 0.15) is 17.1 Å². The quantitative estimate of drug-likeness (QED) is 0.684. The number of halogens is 5. The Kier molecular flexibility index (Phi) is 4.28. The van der Waals surface area contributed by atoms with E-state index >= 15 is 0 Å². The highest BCUT2D eigenvalue weighted by atomic mass is 19.4. The van der Waals surface area contributed by atoms with Crippen molar-refractivity contribution in [3.05, 3.63) is 23.0 Å². The first kappa shape index (κ1) is 15.1. The first-order valence-electron chi connectivity index (χ1n) is 4.81. The SMILES string of the molecule is COC(=O)Cc1cc(C(F)(F)F)nc(C(F)F)c1O. The Hall–Kier alpha value is -1.93. The fourth-order valence-corrected chi connectivity index (χ4v) is 1.27. The maximum absolute atomic E-state index is 12.5. The standard InChI is InChI=1S/C10H8F5NO3/c1-19-6(17)3-4-2-5(10(13,14)15)16-7(8(4)18)9(11)12/h2,9,18H,3H2,1H3. The van der Waals surface area contributed by atoms with Crippen LogP contribution < -0.4 is 0 Å². The number of carbonyl (C=O) groups is 1. The van der Waals surface area contributed by atoms with Crippen molar-refractivity contribution in [1.29, 1.82) is 0 Å². The van der Waals surface area contributed by atoms with Crippen LogP contribution in [0.5, 0.6) is 5.75 Å². The summed E-state index contributed by atoms with van der Waals surface area (Å²) in [5, 5.41) is 9.38. The minimum Gasteiger partial charge on any atom is -0.506 e. The van der Waals surface area contributed by atoms with Crippen LogP contribution in [0.4, 0.5) is 22.0 Å². The van der Waals surface area contributed by atoms with Crippen molar-refractivity contribution in [3.8, 4) is 5.75 Å². The van der Waals surface area contributed by atoms with Crippen LogP contribution in [0, 0.1) is 0 Å². The fourth-order valence-electron chi connectivity index (χ4n) is 1.27. The topological polar surface area (TPSA) is 59.4 Å². The molecule has 1 aromatic heterocycles. The zero-order chi connectivity index (χ0) is 14.8. The summed E-state index contributed by atoms with van der Waals surface area (Å²) in [5.74, 6) is -2.12. The number of methoxy groups -OCH3 is 1. The molecule has 0 spiro atoms. The van der Waals surface area contributed by atoms with E-state index in [1.807, 2.05) is 0 Å². The number of rotatable bonds is 3. The summed E-state index contributed by atoms with van der Waals surface area (Å²) < 4.78 is 66.5. The number of esters is 1. The van der Waals surface area contributed by atoms with Gasteiger partial charge in [0.05, 0.1) is 13.5 Å². The minimum absolute atomic E-state index is 0.331. The van der Waals surface area contributed by atoms with Gasteiger partial charge in [-0.25, -0.2) is 13.8 Å². The number of nitrogens with zero attached hydrogens (tertiary/aromatic N) is 1. The zero-order valence-electron chi connectivity index (χ0n) is 9.46. The van der Waals surface area contributed by atoms with Crippen LogP contribution in [-0.4, -0.2) is 23.2 Å². The molecule has 4 nitrogen and oxygen atoms in total. The van der Waals surface area contributed by atoms with Crippen LogP contribution in [0.1, 0.15) is 23.4 Å². The van der Waals surface area contributed by atoms with Crippen LogP contribution in [0.15, 0.2) is 6.07 Å². The van der Waals surface area contributed by atoms with Crippen molar-refractivity contribution >= 4 is 5.97 Å². The van der Waals surface area contributed by atoms with E-state index < -0.39 is 47.7 Å². The van der Waals surface area contributed by atoms with E-state index in [0.717, 1.165) is 7.11 Å². The molecule has 0 saturated heterocycles. The van der Waals surface area contributed by atoms with Gasteiger partial charge in [0, 0.05) is 5.56 Å². The number of aromatic hydroxyl groups is 1. The van der Waals surface area contributed by atoms with Gasteiger partial charge >= 0.3 is 12.1 Å². The van der Waals surface area contributed by atoms with E-state index in [1.54, 1.807) is 0 Å². The lowest BCUT2D eigenvalue weighted by Crippen LogP contribution is -2.13. The van der Waals surface area contributed by atoms with Gasteiger partial charge in [-0.2, -0.15) is 13.2 Å². The monoisotopic (exact) mass is 285 g/mol. The van der Waals surface area contributed by atoms with E-state index in [2.05, 4.69) is 9.72 Å². The third-order valence-electron chi connectivity index (χ3n) is 2.16. The summed E-state index contributed by atoms with van der Waals surface area (Å²) in [7, 11) is 0.971. The summed E-state index contributed by atoms with van der Waals surface area (Å²) in [6.45, 7) is 0. The normalized spacial score (nSPS) is 11.7. The Labute approximate surface area is 103 Å². The molecule has 0 unspecified atom stereocenters. The molecule has 1 heterocycles. The molecule has 0 fully saturated rings. The fraction of sp³-hybridized carbons (Fsp3) is 0.400. The third kappa shape index (κ3) is 3.52. The largest absolute Gasteiger partial charge is 0.506 e. The Morgan fingerprint density at radius 3 is 2.47 bits per heavy atom. The smallest absolute Gasteiger partial charge is 0.433 e. The van der Waals surface area contributed by atoms with E-state index in [1.165, 1.54) is 0 Å². The number of aromatic nitrogens is 1. The molecule has 0 aliphatic carbocycles. The van der Waals surface area contributed by atoms with Crippen LogP contribution in [0.25, 0.3) is 0 Å². The van der Waals surface area contributed by atoms with Gasteiger partial charge in [0.15, 0.2) is 0 Å². The lowest BCUT2D eigenvalue weighted by Gasteiger charge is -2.12. The van der Waals surface area contributed by atoms with Crippen LogP contribution >= 0.6 is 0 Å². The lowest BCUT2D eigenvalue weighted by molar-refractivity contribution is -0.142. The number of carbonyl (C=O) groups excluding carboxylic acids is 1. The van der Waals surface area contributed by atoms with Crippen LogP contribution in [0.2, 0.25) is 0 Å². The summed E-state index contributed by atoms with van der Waals surface area (Å²) in [5.41, 5.74) is -3.65. The highest BCUT2D eigenvalue weighted by Gasteiger charge is 2.35. The Bertz CT molecular complexity index is 487. The van der Waals surface area contributed by atoms with Gasteiger partial charge in [0.2, 0.25) is 0 Å². The second kappa shape index (κ2) is 5.37. The molecule has 0 radical (unpaired) electrons. The molecule has 0 atom stereocenters. The maximum atomic E-state index is 12.5. The first-order valence-corrected chi connectivity index (χ1v) is 4.81. The van der Waals surface area contributed by atoms with Crippen molar-refractivity contribution < 1.29 is 36.6 Å². The first-order chi connectivity index (χ1) is 8.66. The van der Waals surface area contributed by atoms with Crippen molar-refractivity contribution in [1.82, 2.24) is 4.98 Å². The Morgan fingerprint density at radius 2 is 2.05 bits per heavy atom. The molecule has 1 rings (SSSR count). The van der Waals surface area contributed by atoms with E-state index in [-0.39, 0.29) is 0 Å². The molecule has 0 aromatic carbocycles. The summed E-state index contributed by atoms with van der Waals surface area (Å²) in [6.07, 6.45) is -9.14. The minimum atomic E-state index is -4.97. The third-order valence-corrected chi connectivity index (χ3v) is 2.16. The van der Waals surface area contributed by atoms with Crippen molar-refractivity contribution in [3.63, 3.8) is 0 Å². The van der Waals surface area contributed by atoms with Crippen LogP contribution in [-0.2, 0) is 22.1 Å². The molecule has 0 aliphatic rings. The molecular weight excluding hydrogens is 277 g/mol. The van der Waals surface area contributed by atoms with E-state index in [9.17, 15) is 31.9 Å². The molecule has 1 aromatic rings. The summed E-state index contributed by atoms with van der Waals surface area (Å²) in [4.78, 5) is 13.6. The second-order valence-corrected chi connectivity index (χ2v) is 3.45.